The first-order valence-electron chi connectivity index (χ1n) is 12.0. The van der Waals surface area contributed by atoms with E-state index in [1.54, 1.807) is 37.3 Å². The van der Waals surface area contributed by atoms with Crippen LogP contribution in [0.2, 0.25) is 10.0 Å². The van der Waals surface area contributed by atoms with Gasteiger partial charge in [0.2, 0.25) is 0 Å². The van der Waals surface area contributed by atoms with Crippen LogP contribution in [-0.2, 0) is 20.8 Å². The fourth-order valence-corrected chi connectivity index (χ4v) is 3.90. The normalized spacial score (nSPS) is 12.3. The number of amides is 3. The molecule has 2 atom stereocenters. The Hall–Kier alpha value is -4.28. The smallest absolute Gasteiger partial charge is 0.262 e. The Balaban J connectivity index is 1.69. The summed E-state index contributed by atoms with van der Waals surface area (Å²) in [6.07, 6.45) is 0.645. The Bertz CT molecular complexity index is 1370. The molecule has 0 saturated heterocycles. The summed E-state index contributed by atoms with van der Waals surface area (Å²) in [6.45, 7) is 1.24. The van der Waals surface area contributed by atoms with Crippen molar-refractivity contribution >= 4 is 47.1 Å². The molecule has 3 rings (SSSR count). The van der Waals surface area contributed by atoms with Gasteiger partial charge in [-0.05, 0) is 54.4 Å². The molecular formula is C28H28Cl2N4O6. The van der Waals surface area contributed by atoms with Crippen molar-refractivity contribution < 1.29 is 28.6 Å². The molecule has 0 aliphatic heterocycles. The average Bonchev–Trinajstić information content (AvgIpc) is 2.93. The third kappa shape index (κ3) is 9.18. The lowest BCUT2D eigenvalue weighted by Crippen LogP contribution is -2.50. The number of rotatable bonds is 13. The number of nitrogens with zero attached hydrogens (tertiary/aromatic N) is 1. The third-order valence-corrected chi connectivity index (χ3v) is 5.96. The maximum absolute atomic E-state index is 13.1. The van der Waals surface area contributed by atoms with Crippen LogP contribution < -0.4 is 30.7 Å². The van der Waals surface area contributed by atoms with E-state index in [9.17, 15) is 14.4 Å². The molecule has 0 bridgehead atoms. The Morgan fingerprint density at radius 2 is 1.70 bits per heavy atom. The Morgan fingerprint density at radius 3 is 2.38 bits per heavy atom. The van der Waals surface area contributed by atoms with Crippen LogP contribution in [0.15, 0.2) is 71.8 Å². The number of benzene rings is 3. The molecule has 0 heterocycles. The van der Waals surface area contributed by atoms with Crippen molar-refractivity contribution in [3.8, 4) is 17.2 Å². The number of carbonyl (C=O) groups excluding carboxylic acids is 3. The fraction of sp³-hybridized carbons (Fsp3) is 0.214. The van der Waals surface area contributed by atoms with Crippen LogP contribution in [0.1, 0.15) is 18.1 Å². The number of primary amides is 1. The average molecular weight is 587 g/mol. The summed E-state index contributed by atoms with van der Waals surface area (Å²) in [7, 11) is 1.44. The SMILES string of the molecule is COc1cc(/C=N\NC(=O)[C@H](Cc2ccccc2)NC(=O)[C@@H](C)Oc2ccc(Cl)cc2Cl)ccc1OCC(N)=O. The summed E-state index contributed by atoms with van der Waals surface area (Å²) in [5.74, 6) is -0.739. The fourth-order valence-electron chi connectivity index (χ4n) is 3.44. The molecule has 3 aromatic rings. The number of nitrogens with two attached hydrogens (primary N) is 1. The highest BCUT2D eigenvalue weighted by molar-refractivity contribution is 6.35. The number of hydrogen-bond donors (Lipinski definition) is 3. The van der Waals surface area contributed by atoms with Crippen molar-refractivity contribution in [2.45, 2.75) is 25.5 Å². The molecule has 210 valence electrons. The highest BCUT2D eigenvalue weighted by Crippen LogP contribution is 2.29. The van der Waals surface area contributed by atoms with E-state index >= 15 is 0 Å². The zero-order chi connectivity index (χ0) is 29.1. The molecule has 0 aromatic heterocycles. The van der Waals surface area contributed by atoms with Gasteiger partial charge in [-0.15, -0.1) is 0 Å². The summed E-state index contributed by atoms with van der Waals surface area (Å²) < 4.78 is 16.3. The monoisotopic (exact) mass is 586 g/mol. The van der Waals surface area contributed by atoms with Gasteiger partial charge in [0.15, 0.2) is 24.2 Å². The standard InChI is InChI=1S/C28H28Cl2N4O6/c1-17(40-23-11-9-20(29)14-21(23)30)27(36)33-22(12-18-6-4-3-5-7-18)28(37)34-32-15-19-8-10-24(25(13-19)38-2)39-16-26(31)35/h3-11,13-15,17,22H,12,16H2,1-2H3,(H2,31,35)(H,33,36)(H,34,37)/b32-15-/t17-,22+/m1/s1. The van der Waals surface area contributed by atoms with E-state index in [1.807, 2.05) is 30.3 Å². The summed E-state index contributed by atoms with van der Waals surface area (Å²) >= 11 is 12.1. The van der Waals surface area contributed by atoms with E-state index in [0.717, 1.165) is 5.56 Å². The first-order valence-corrected chi connectivity index (χ1v) is 12.8. The molecule has 0 fully saturated rings. The highest BCUT2D eigenvalue weighted by atomic mass is 35.5. The molecule has 0 spiro atoms. The van der Waals surface area contributed by atoms with Crippen molar-refractivity contribution in [3.05, 3.63) is 87.9 Å². The van der Waals surface area contributed by atoms with Crippen molar-refractivity contribution in [2.24, 2.45) is 10.8 Å². The van der Waals surface area contributed by atoms with Crippen LogP contribution in [0, 0.1) is 0 Å². The molecule has 0 unspecified atom stereocenters. The second kappa shape index (κ2) is 14.8. The van der Waals surface area contributed by atoms with Crippen LogP contribution in [0.4, 0.5) is 0 Å². The van der Waals surface area contributed by atoms with E-state index in [0.29, 0.717) is 22.1 Å². The lowest BCUT2D eigenvalue weighted by Gasteiger charge is -2.21. The Kier molecular flexibility index (Phi) is 11.2. The molecule has 4 N–H and O–H groups in total. The molecular weight excluding hydrogens is 559 g/mol. The molecule has 0 aliphatic carbocycles. The highest BCUT2D eigenvalue weighted by Gasteiger charge is 2.25. The second-order valence-corrected chi connectivity index (χ2v) is 9.33. The van der Waals surface area contributed by atoms with E-state index in [-0.39, 0.29) is 23.8 Å². The van der Waals surface area contributed by atoms with Crippen LogP contribution in [0.5, 0.6) is 17.2 Å². The lowest BCUT2D eigenvalue weighted by molar-refractivity contribution is -0.132. The van der Waals surface area contributed by atoms with E-state index in [4.69, 9.17) is 43.1 Å². The summed E-state index contributed by atoms with van der Waals surface area (Å²) in [6, 6.07) is 17.7. The molecule has 10 nitrogen and oxygen atoms in total. The van der Waals surface area contributed by atoms with Crippen LogP contribution in [-0.4, -0.2) is 49.8 Å². The predicted molar refractivity (Wildman–Crippen MR) is 152 cm³/mol. The minimum Gasteiger partial charge on any atom is -0.493 e. The van der Waals surface area contributed by atoms with Gasteiger partial charge in [-0.3, -0.25) is 14.4 Å². The summed E-state index contributed by atoms with van der Waals surface area (Å²) in [4.78, 5) is 37.0. The zero-order valence-electron chi connectivity index (χ0n) is 21.7. The maximum Gasteiger partial charge on any atom is 0.262 e. The zero-order valence-corrected chi connectivity index (χ0v) is 23.2. The number of ether oxygens (including phenoxy) is 3. The number of halogens is 2. The van der Waals surface area contributed by atoms with Gasteiger partial charge < -0.3 is 25.3 Å². The first kappa shape index (κ1) is 30.3. The van der Waals surface area contributed by atoms with Gasteiger partial charge in [0, 0.05) is 11.4 Å². The van der Waals surface area contributed by atoms with Gasteiger partial charge in [-0.2, -0.15) is 5.10 Å². The Labute approximate surface area is 241 Å². The first-order chi connectivity index (χ1) is 19.2. The third-order valence-electron chi connectivity index (χ3n) is 5.43. The number of hydrazone groups is 1. The molecule has 0 radical (unpaired) electrons. The Morgan fingerprint density at radius 1 is 0.975 bits per heavy atom. The lowest BCUT2D eigenvalue weighted by atomic mass is 10.1. The van der Waals surface area contributed by atoms with E-state index in [2.05, 4.69) is 15.8 Å². The second-order valence-electron chi connectivity index (χ2n) is 8.49. The van der Waals surface area contributed by atoms with Gasteiger partial charge in [0.1, 0.15) is 11.8 Å². The van der Waals surface area contributed by atoms with Crippen LogP contribution in [0.25, 0.3) is 0 Å². The minimum absolute atomic E-state index is 0.210. The van der Waals surface area contributed by atoms with E-state index < -0.39 is 29.9 Å². The van der Waals surface area contributed by atoms with Crippen molar-refractivity contribution in [1.82, 2.24) is 10.7 Å². The largest absolute Gasteiger partial charge is 0.493 e. The quantitative estimate of drug-likeness (QED) is 0.207. The van der Waals surface area contributed by atoms with Gasteiger partial charge >= 0.3 is 0 Å². The van der Waals surface area contributed by atoms with Gasteiger partial charge in [-0.25, -0.2) is 5.43 Å². The number of methoxy groups -OCH3 is 1. The molecule has 0 aliphatic rings. The predicted octanol–water partition coefficient (Wildman–Crippen LogP) is 3.51. The van der Waals surface area contributed by atoms with Gasteiger partial charge in [0.05, 0.1) is 18.3 Å². The van der Waals surface area contributed by atoms with Crippen molar-refractivity contribution in [1.29, 1.82) is 0 Å². The van der Waals surface area contributed by atoms with E-state index in [1.165, 1.54) is 19.4 Å². The number of carbonyl (C=O) groups is 3. The number of nitrogens with one attached hydrogen (secondary N) is 2. The van der Waals surface area contributed by atoms with Crippen molar-refractivity contribution in [3.63, 3.8) is 0 Å². The molecule has 3 aromatic carbocycles. The number of hydrogen-bond acceptors (Lipinski definition) is 7. The summed E-state index contributed by atoms with van der Waals surface area (Å²) in [5, 5.41) is 7.42. The topological polar surface area (TPSA) is 141 Å². The maximum atomic E-state index is 13.1. The van der Waals surface area contributed by atoms with Gasteiger partial charge in [0.25, 0.3) is 17.7 Å². The molecule has 12 heteroatoms. The van der Waals surface area contributed by atoms with Gasteiger partial charge in [-0.1, -0.05) is 53.5 Å². The minimum atomic E-state index is -0.962. The van der Waals surface area contributed by atoms with Crippen LogP contribution in [0.3, 0.4) is 0 Å². The molecule has 0 saturated carbocycles. The molecule has 40 heavy (non-hydrogen) atoms. The van der Waals surface area contributed by atoms with Crippen LogP contribution >= 0.6 is 23.2 Å². The summed E-state index contributed by atoms with van der Waals surface area (Å²) in [5.41, 5.74) is 8.98. The van der Waals surface area contributed by atoms with Crippen molar-refractivity contribution in [2.75, 3.05) is 13.7 Å². The molecule has 3 amide bonds.